The van der Waals surface area contributed by atoms with Gasteiger partial charge in [0.15, 0.2) is 0 Å². The number of carbonyl (C=O) groups excluding carboxylic acids is 1. The smallest absolute Gasteiger partial charge is 0.220 e. The van der Waals surface area contributed by atoms with Crippen LogP contribution >= 0.6 is 0 Å². The van der Waals surface area contributed by atoms with E-state index in [4.69, 9.17) is 0 Å². The van der Waals surface area contributed by atoms with Crippen LogP contribution in [0.15, 0.2) is 30.3 Å². The summed E-state index contributed by atoms with van der Waals surface area (Å²) in [5.74, 6) is 0.198. The molecule has 124 valence electrons. The Bertz CT molecular complexity index is 428. The third-order valence-electron chi connectivity index (χ3n) is 3.89. The van der Waals surface area contributed by atoms with Crippen LogP contribution in [0, 0.1) is 0 Å². The third-order valence-corrected chi connectivity index (χ3v) is 3.89. The van der Waals surface area contributed by atoms with Crippen molar-refractivity contribution in [1.82, 2.24) is 5.32 Å². The summed E-state index contributed by atoms with van der Waals surface area (Å²) >= 11 is 0. The highest BCUT2D eigenvalue weighted by atomic mass is 16.1. The summed E-state index contributed by atoms with van der Waals surface area (Å²) in [4.78, 5) is 11.9. The summed E-state index contributed by atoms with van der Waals surface area (Å²) in [5, 5.41) is 3.14. The fraction of sp³-hybridized carbons (Fsp3) is 0.632. The first-order valence-electron chi connectivity index (χ1n) is 8.58. The van der Waals surface area contributed by atoms with Gasteiger partial charge in [0.1, 0.15) is 6.54 Å². The van der Waals surface area contributed by atoms with Crippen LogP contribution in [0.3, 0.4) is 0 Å². The molecule has 1 aromatic rings. The van der Waals surface area contributed by atoms with Crippen molar-refractivity contribution in [3.8, 4) is 0 Å². The van der Waals surface area contributed by atoms with Crippen LogP contribution in [0.25, 0.3) is 0 Å². The van der Waals surface area contributed by atoms with Crippen LogP contribution in [0.1, 0.15) is 51.5 Å². The second-order valence-corrected chi connectivity index (χ2v) is 7.04. The Kier molecular flexibility index (Phi) is 8.18. The van der Waals surface area contributed by atoms with Crippen molar-refractivity contribution in [3.63, 3.8) is 0 Å². The molecule has 3 heteroatoms. The van der Waals surface area contributed by atoms with Crippen LogP contribution in [0.4, 0.5) is 0 Å². The van der Waals surface area contributed by atoms with Gasteiger partial charge in [0.05, 0.1) is 26.7 Å². The van der Waals surface area contributed by atoms with Gasteiger partial charge in [-0.15, -0.1) is 0 Å². The van der Waals surface area contributed by atoms with Crippen molar-refractivity contribution in [3.05, 3.63) is 35.9 Å². The van der Waals surface area contributed by atoms with Crippen LogP contribution in [-0.2, 0) is 11.3 Å². The molecule has 1 aromatic carbocycles. The average molecular weight is 305 g/mol. The van der Waals surface area contributed by atoms with Crippen molar-refractivity contribution < 1.29 is 9.28 Å². The minimum absolute atomic E-state index is 0.198. The first-order valence-corrected chi connectivity index (χ1v) is 8.58. The Balaban J connectivity index is 2.33. The lowest BCUT2D eigenvalue weighted by atomic mass is 10.1. The van der Waals surface area contributed by atoms with Gasteiger partial charge in [-0.2, -0.15) is 0 Å². The monoisotopic (exact) mass is 305 g/mol. The number of carbonyl (C=O) groups is 1. The molecule has 0 aliphatic carbocycles. The summed E-state index contributed by atoms with van der Waals surface area (Å²) in [6.45, 7) is 6.22. The lowest BCUT2D eigenvalue weighted by Gasteiger charge is -2.32. The SMILES string of the molecule is CCCCCCC(=O)NC(C)C[N+](C)(C)Cc1ccccc1. The van der Waals surface area contributed by atoms with Crippen molar-refractivity contribution in [1.29, 1.82) is 0 Å². The molecule has 1 atom stereocenters. The summed E-state index contributed by atoms with van der Waals surface area (Å²) in [6, 6.07) is 10.7. The fourth-order valence-electron chi connectivity index (χ4n) is 2.99. The maximum Gasteiger partial charge on any atom is 0.220 e. The van der Waals surface area contributed by atoms with Gasteiger partial charge in [-0.3, -0.25) is 4.79 Å². The Morgan fingerprint density at radius 2 is 1.82 bits per heavy atom. The van der Waals surface area contributed by atoms with Crippen LogP contribution in [0.2, 0.25) is 0 Å². The Morgan fingerprint density at radius 3 is 2.45 bits per heavy atom. The summed E-state index contributed by atoms with van der Waals surface area (Å²) in [5.41, 5.74) is 1.34. The van der Waals surface area contributed by atoms with Gasteiger partial charge in [-0.05, 0) is 13.3 Å². The zero-order valence-corrected chi connectivity index (χ0v) is 14.8. The predicted molar refractivity (Wildman–Crippen MR) is 93.5 cm³/mol. The number of unbranched alkanes of at least 4 members (excludes halogenated alkanes) is 3. The molecule has 0 aliphatic rings. The lowest BCUT2D eigenvalue weighted by molar-refractivity contribution is -0.904. The van der Waals surface area contributed by atoms with Crippen LogP contribution < -0.4 is 5.32 Å². The molecule has 1 rings (SSSR count). The summed E-state index contributed by atoms with van der Waals surface area (Å²) < 4.78 is 0.876. The number of hydrogen-bond acceptors (Lipinski definition) is 1. The average Bonchev–Trinajstić information content (AvgIpc) is 2.43. The molecule has 1 amide bonds. The van der Waals surface area contributed by atoms with Crippen molar-refractivity contribution in [2.75, 3.05) is 20.6 Å². The number of likely N-dealkylation sites (N-methyl/N-ethyl adjacent to an activating group) is 1. The van der Waals surface area contributed by atoms with Crippen molar-refractivity contribution >= 4 is 5.91 Å². The Hall–Kier alpha value is -1.35. The minimum atomic E-state index is 0.198. The number of amides is 1. The number of quaternary nitrogens is 1. The van der Waals surface area contributed by atoms with E-state index in [9.17, 15) is 4.79 Å². The normalized spacial score (nSPS) is 12.9. The van der Waals surface area contributed by atoms with E-state index in [2.05, 4.69) is 57.5 Å². The van der Waals surface area contributed by atoms with E-state index in [1.54, 1.807) is 0 Å². The first kappa shape index (κ1) is 18.7. The summed E-state index contributed by atoms with van der Waals surface area (Å²) in [6.07, 6.45) is 5.27. The van der Waals surface area contributed by atoms with Gasteiger partial charge in [-0.25, -0.2) is 0 Å². The molecule has 0 saturated heterocycles. The van der Waals surface area contributed by atoms with E-state index in [1.807, 2.05) is 6.07 Å². The van der Waals surface area contributed by atoms with Gasteiger partial charge in [0, 0.05) is 12.0 Å². The van der Waals surface area contributed by atoms with Gasteiger partial charge in [0.25, 0.3) is 0 Å². The number of rotatable bonds is 10. The van der Waals surface area contributed by atoms with E-state index in [1.165, 1.54) is 18.4 Å². The molecular formula is C19H33N2O+. The van der Waals surface area contributed by atoms with E-state index in [0.717, 1.165) is 30.4 Å². The van der Waals surface area contributed by atoms with E-state index in [-0.39, 0.29) is 11.9 Å². The number of nitrogens with zero attached hydrogens (tertiary/aromatic N) is 1. The standard InChI is InChI=1S/C19H32N2O/c1-5-6-7-11-14-19(22)20-17(2)15-21(3,4)16-18-12-9-8-10-13-18/h8-10,12-13,17H,5-7,11,14-16H2,1-4H3/p+1. The highest BCUT2D eigenvalue weighted by Gasteiger charge is 2.20. The topological polar surface area (TPSA) is 29.1 Å². The highest BCUT2D eigenvalue weighted by molar-refractivity contribution is 5.76. The van der Waals surface area contributed by atoms with E-state index < -0.39 is 0 Å². The molecule has 0 saturated carbocycles. The van der Waals surface area contributed by atoms with Gasteiger partial charge in [0.2, 0.25) is 5.91 Å². The molecule has 0 spiro atoms. The molecular weight excluding hydrogens is 272 g/mol. The van der Waals surface area contributed by atoms with Crippen LogP contribution in [0.5, 0.6) is 0 Å². The predicted octanol–water partition coefficient (Wildman–Crippen LogP) is 3.74. The van der Waals surface area contributed by atoms with Gasteiger partial charge >= 0.3 is 0 Å². The molecule has 0 bridgehead atoms. The zero-order chi connectivity index (χ0) is 16.4. The molecule has 0 fully saturated rings. The number of benzene rings is 1. The molecule has 0 aliphatic heterocycles. The van der Waals surface area contributed by atoms with Crippen LogP contribution in [-0.4, -0.2) is 37.1 Å². The molecule has 1 unspecified atom stereocenters. The Labute approximate surface area is 136 Å². The van der Waals surface area contributed by atoms with Gasteiger partial charge in [-0.1, -0.05) is 56.5 Å². The maximum absolute atomic E-state index is 11.9. The van der Waals surface area contributed by atoms with E-state index in [0.29, 0.717) is 6.42 Å². The quantitative estimate of drug-likeness (QED) is 0.518. The maximum atomic E-state index is 11.9. The summed E-state index contributed by atoms with van der Waals surface area (Å²) in [7, 11) is 4.44. The molecule has 0 radical (unpaired) electrons. The molecule has 0 heterocycles. The number of nitrogens with one attached hydrogen (secondary N) is 1. The lowest BCUT2D eigenvalue weighted by Crippen LogP contribution is -2.49. The number of hydrogen-bond donors (Lipinski definition) is 1. The third kappa shape index (κ3) is 8.18. The Morgan fingerprint density at radius 1 is 1.14 bits per heavy atom. The second-order valence-electron chi connectivity index (χ2n) is 7.04. The van der Waals surface area contributed by atoms with Crippen molar-refractivity contribution in [2.24, 2.45) is 0 Å². The molecule has 1 N–H and O–H groups in total. The highest BCUT2D eigenvalue weighted by Crippen LogP contribution is 2.10. The largest absolute Gasteiger partial charge is 0.348 e. The van der Waals surface area contributed by atoms with E-state index >= 15 is 0 Å². The minimum Gasteiger partial charge on any atom is -0.348 e. The molecule has 22 heavy (non-hydrogen) atoms. The second kappa shape index (κ2) is 9.62. The zero-order valence-electron chi connectivity index (χ0n) is 14.8. The first-order chi connectivity index (χ1) is 10.4. The molecule has 3 nitrogen and oxygen atoms in total. The fourth-order valence-corrected chi connectivity index (χ4v) is 2.99. The molecule has 0 aromatic heterocycles. The van der Waals surface area contributed by atoms with Crippen molar-refractivity contribution in [2.45, 2.75) is 58.5 Å². The van der Waals surface area contributed by atoms with Gasteiger partial charge < -0.3 is 9.80 Å².